The number of amides is 1. The number of pyridine rings is 1. The highest BCUT2D eigenvalue weighted by atomic mass is 32.2. The van der Waals surface area contributed by atoms with E-state index in [2.05, 4.69) is 11.9 Å². The van der Waals surface area contributed by atoms with Gasteiger partial charge in [0.15, 0.2) is 0 Å². The summed E-state index contributed by atoms with van der Waals surface area (Å²) in [5.41, 5.74) is 1.52. The van der Waals surface area contributed by atoms with Crippen LogP contribution in [0, 0.1) is 5.92 Å². The molecule has 0 unspecified atom stereocenters. The smallest absolute Gasteiger partial charge is 0.336 e. The lowest BCUT2D eigenvalue weighted by Gasteiger charge is -2.30. The van der Waals surface area contributed by atoms with E-state index in [9.17, 15) is 14.7 Å². The van der Waals surface area contributed by atoms with Crippen molar-refractivity contribution in [3.8, 4) is 0 Å². The van der Waals surface area contributed by atoms with Gasteiger partial charge in [-0.2, -0.15) is 0 Å². The van der Waals surface area contributed by atoms with Gasteiger partial charge in [0.2, 0.25) is 0 Å². The number of carboxylic acids is 1. The Hall–Kier alpha value is -2.34. The van der Waals surface area contributed by atoms with Crippen LogP contribution in [0.25, 0.3) is 0 Å². The number of carboxylic acid groups (broad SMARTS) is 1. The number of carbonyl (C=O) groups excluding carboxylic acids is 1. The number of hydrogen-bond acceptors (Lipinski definition) is 4. The van der Waals surface area contributed by atoms with Gasteiger partial charge in [0.05, 0.1) is 11.3 Å². The van der Waals surface area contributed by atoms with E-state index in [1.165, 1.54) is 11.8 Å². The normalized spacial score (nSPS) is 15.0. The lowest BCUT2D eigenvalue weighted by Crippen LogP contribution is -2.38. The maximum atomic E-state index is 12.7. The zero-order valence-corrected chi connectivity index (χ0v) is 15.5. The summed E-state index contributed by atoms with van der Waals surface area (Å²) in [7, 11) is 0. The van der Waals surface area contributed by atoms with Crippen molar-refractivity contribution in [3.63, 3.8) is 0 Å². The van der Waals surface area contributed by atoms with Crippen LogP contribution in [-0.2, 0) is 5.75 Å². The number of aromatic carboxylic acids is 1. The monoisotopic (exact) mass is 370 g/mol. The SMILES string of the molecule is CC1CCN(C(=O)c2cccc(CSc3ccccc3C(=O)O)n2)CC1. The Morgan fingerprint density at radius 2 is 1.88 bits per heavy atom. The molecule has 6 heteroatoms. The molecule has 3 rings (SSSR count). The van der Waals surface area contributed by atoms with E-state index in [0.29, 0.717) is 22.3 Å². The molecular formula is C20H22N2O3S. The third-order valence-electron chi connectivity index (χ3n) is 4.59. The molecule has 0 atom stereocenters. The molecule has 136 valence electrons. The average molecular weight is 370 g/mol. The van der Waals surface area contributed by atoms with E-state index in [4.69, 9.17) is 0 Å². The highest BCUT2D eigenvalue weighted by Crippen LogP contribution is 2.26. The first-order valence-electron chi connectivity index (χ1n) is 8.75. The van der Waals surface area contributed by atoms with E-state index < -0.39 is 5.97 Å². The minimum absolute atomic E-state index is 0.0188. The maximum Gasteiger partial charge on any atom is 0.336 e. The molecule has 1 fully saturated rings. The van der Waals surface area contributed by atoms with Crippen LogP contribution >= 0.6 is 11.8 Å². The Morgan fingerprint density at radius 3 is 2.62 bits per heavy atom. The molecule has 0 bridgehead atoms. The highest BCUT2D eigenvalue weighted by Gasteiger charge is 2.22. The van der Waals surface area contributed by atoms with E-state index in [1.54, 1.807) is 24.3 Å². The molecule has 1 N–H and O–H groups in total. The fourth-order valence-corrected chi connectivity index (χ4v) is 3.92. The number of rotatable bonds is 5. The van der Waals surface area contributed by atoms with Crippen LogP contribution in [0.15, 0.2) is 47.4 Å². The number of hydrogen-bond donors (Lipinski definition) is 1. The summed E-state index contributed by atoms with van der Waals surface area (Å²) in [6.45, 7) is 3.78. The van der Waals surface area contributed by atoms with E-state index in [1.807, 2.05) is 23.1 Å². The lowest BCUT2D eigenvalue weighted by molar-refractivity contribution is 0.0683. The molecule has 0 spiro atoms. The summed E-state index contributed by atoms with van der Waals surface area (Å²) < 4.78 is 0. The number of piperidine rings is 1. The van der Waals surface area contributed by atoms with Crippen molar-refractivity contribution in [2.24, 2.45) is 5.92 Å². The highest BCUT2D eigenvalue weighted by molar-refractivity contribution is 7.98. The van der Waals surface area contributed by atoms with Crippen molar-refractivity contribution in [1.82, 2.24) is 9.88 Å². The zero-order chi connectivity index (χ0) is 18.5. The van der Waals surface area contributed by atoms with Crippen molar-refractivity contribution in [1.29, 1.82) is 0 Å². The third kappa shape index (κ3) is 4.43. The molecule has 1 aromatic carbocycles. The molecule has 0 aliphatic carbocycles. The van der Waals surface area contributed by atoms with Crippen LogP contribution in [0.3, 0.4) is 0 Å². The van der Waals surface area contributed by atoms with Crippen molar-refractivity contribution in [3.05, 3.63) is 59.4 Å². The summed E-state index contributed by atoms with van der Waals surface area (Å²) >= 11 is 1.42. The summed E-state index contributed by atoms with van der Waals surface area (Å²) in [5.74, 6) is 0.227. The van der Waals surface area contributed by atoms with Gasteiger partial charge < -0.3 is 10.0 Å². The predicted octanol–water partition coefficient (Wildman–Crippen LogP) is 3.94. The van der Waals surface area contributed by atoms with Gasteiger partial charge in [-0.15, -0.1) is 11.8 Å². The Labute approximate surface area is 157 Å². The van der Waals surface area contributed by atoms with Crippen molar-refractivity contribution >= 4 is 23.6 Å². The number of thioether (sulfide) groups is 1. The van der Waals surface area contributed by atoms with Gasteiger partial charge in [0.1, 0.15) is 5.69 Å². The molecule has 2 heterocycles. The minimum atomic E-state index is -0.940. The van der Waals surface area contributed by atoms with Gasteiger partial charge in [-0.05, 0) is 43.0 Å². The number of likely N-dealkylation sites (tertiary alicyclic amines) is 1. The molecular weight excluding hydrogens is 348 g/mol. The van der Waals surface area contributed by atoms with E-state index in [-0.39, 0.29) is 11.5 Å². The van der Waals surface area contributed by atoms with Gasteiger partial charge in [-0.1, -0.05) is 25.1 Å². The molecule has 1 saturated heterocycles. The summed E-state index contributed by atoms with van der Waals surface area (Å²) in [6, 6.07) is 12.4. The van der Waals surface area contributed by atoms with Crippen LogP contribution < -0.4 is 0 Å². The van der Waals surface area contributed by atoms with Gasteiger partial charge in [-0.25, -0.2) is 9.78 Å². The van der Waals surface area contributed by atoms with Gasteiger partial charge in [0.25, 0.3) is 5.91 Å². The zero-order valence-electron chi connectivity index (χ0n) is 14.7. The van der Waals surface area contributed by atoms with Gasteiger partial charge in [0, 0.05) is 23.7 Å². The number of nitrogens with zero attached hydrogens (tertiary/aromatic N) is 2. The molecule has 1 amide bonds. The quantitative estimate of drug-likeness (QED) is 0.807. The van der Waals surface area contributed by atoms with Gasteiger partial charge in [-0.3, -0.25) is 4.79 Å². The Bertz CT molecular complexity index is 801. The Kier molecular flexibility index (Phi) is 5.93. The maximum absolute atomic E-state index is 12.7. The standard InChI is InChI=1S/C20H22N2O3S/c1-14-9-11-22(12-10-14)19(23)17-7-4-5-15(21-17)13-26-18-8-3-2-6-16(18)20(24)25/h2-8,14H,9-13H2,1H3,(H,24,25). The summed E-state index contributed by atoms with van der Waals surface area (Å²) in [5, 5.41) is 9.26. The average Bonchev–Trinajstić information content (AvgIpc) is 2.67. The first-order valence-corrected chi connectivity index (χ1v) is 9.73. The topological polar surface area (TPSA) is 70.5 Å². The van der Waals surface area contributed by atoms with E-state index >= 15 is 0 Å². The first kappa shape index (κ1) is 18.5. The number of carbonyl (C=O) groups is 2. The molecule has 1 aliphatic rings. The van der Waals surface area contributed by atoms with Crippen LogP contribution in [-0.4, -0.2) is 40.0 Å². The second-order valence-corrected chi connectivity index (χ2v) is 7.60. The second kappa shape index (κ2) is 8.36. The third-order valence-corrected chi connectivity index (χ3v) is 5.70. The van der Waals surface area contributed by atoms with Crippen LogP contribution in [0.1, 0.15) is 46.3 Å². The Balaban J connectivity index is 1.68. The van der Waals surface area contributed by atoms with Crippen LogP contribution in [0.2, 0.25) is 0 Å². The van der Waals surface area contributed by atoms with Crippen LogP contribution in [0.5, 0.6) is 0 Å². The molecule has 1 aliphatic heterocycles. The first-order chi connectivity index (χ1) is 12.5. The largest absolute Gasteiger partial charge is 0.478 e. The molecule has 2 aromatic rings. The van der Waals surface area contributed by atoms with Crippen molar-refractivity contribution in [2.45, 2.75) is 30.4 Å². The van der Waals surface area contributed by atoms with E-state index in [0.717, 1.165) is 31.6 Å². The minimum Gasteiger partial charge on any atom is -0.478 e. The molecule has 0 radical (unpaired) electrons. The van der Waals surface area contributed by atoms with Gasteiger partial charge >= 0.3 is 5.97 Å². The van der Waals surface area contributed by atoms with Crippen LogP contribution in [0.4, 0.5) is 0 Å². The van der Waals surface area contributed by atoms with Crippen molar-refractivity contribution in [2.75, 3.05) is 13.1 Å². The molecule has 0 saturated carbocycles. The fraction of sp³-hybridized carbons (Fsp3) is 0.350. The second-order valence-electron chi connectivity index (χ2n) is 6.58. The number of aromatic nitrogens is 1. The Morgan fingerprint density at radius 1 is 1.15 bits per heavy atom. The molecule has 1 aromatic heterocycles. The predicted molar refractivity (Wildman–Crippen MR) is 102 cm³/mol. The number of benzene rings is 1. The summed E-state index contributed by atoms with van der Waals surface area (Å²) in [4.78, 5) is 31.0. The molecule has 26 heavy (non-hydrogen) atoms. The van der Waals surface area contributed by atoms with Crippen molar-refractivity contribution < 1.29 is 14.7 Å². The summed E-state index contributed by atoms with van der Waals surface area (Å²) in [6.07, 6.45) is 2.07. The molecule has 5 nitrogen and oxygen atoms in total. The fourth-order valence-electron chi connectivity index (χ4n) is 2.97. The lowest BCUT2D eigenvalue weighted by atomic mass is 9.99.